The molecule has 47 heavy (non-hydrogen) atoms. The second-order valence-corrected chi connectivity index (χ2v) is 13.1. The van der Waals surface area contributed by atoms with Gasteiger partial charge < -0.3 is 19.3 Å². The standard InChI is InChI=1S/C36H39N3O6S2/c1-5-8-9-20-45-28-19-16-26(21-29(28)44-7-3)31-30(32(40)25-14-17-27(18-15-25)43-6-2)33(41)34(42)39(31)35-37-38-36(47-35)46-22-24-12-10-23(4)11-13-24/h10-19,21,31,40H,5-9,20,22H2,1-4H3/b32-30+. The number of hydrogen-bond donors (Lipinski definition) is 1. The van der Waals surface area contributed by atoms with Gasteiger partial charge in [-0.05, 0) is 74.7 Å². The van der Waals surface area contributed by atoms with Crippen molar-refractivity contribution in [3.05, 3.63) is 94.6 Å². The molecule has 246 valence electrons. The van der Waals surface area contributed by atoms with Crippen LogP contribution in [0.5, 0.6) is 17.2 Å². The summed E-state index contributed by atoms with van der Waals surface area (Å²) >= 11 is 2.73. The molecule has 1 saturated heterocycles. The minimum absolute atomic E-state index is 0.0534. The zero-order valence-electron chi connectivity index (χ0n) is 27.0. The van der Waals surface area contributed by atoms with E-state index in [1.165, 1.54) is 33.6 Å². The minimum atomic E-state index is -0.988. The summed E-state index contributed by atoms with van der Waals surface area (Å²) in [6.45, 7) is 9.35. The molecule has 0 radical (unpaired) electrons. The highest BCUT2D eigenvalue weighted by molar-refractivity contribution is 8.00. The Labute approximate surface area is 283 Å². The van der Waals surface area contributed by atoms with Crippen LogP contribution in [-0.4, -0.2) is 46.8 Å². The average molecular weight is 674 g/mol. The Hall–Kier alpha value is -4.35. The number of nitrogens with zero attached hydrogens (tertiary/aromatic N) is 3. The molecular weight excluding hydrogens is 635 g/mol. The van der Waals surface area contributed by atoms with Crippen LogP contribution in [0, 0.1) is 6.92 Å². The number of aromatic nitrogens is 2. The molecule has 0 spiro atoms. The highest BCUT2D eigenvalue weighted by Crippen LogP contribution is 2.46. The van der Waals surface area contributed by atoms with Crippen molar-refractivity contribution in [2.45, 2.75) is 63.1 Å². The molecule has 0 aliphatic carbocycles. The van der Waals surface area contributed by atoms with E-state index >= 15 is 0 Å². The number of unbranched alkanes of at least 4 members (excludes halogenated alkanes) is 2. The van der Waals surface area contributed by atoms with E-state index in [1.807, 2.05) is 20.8 Å². The number of aryl methyl sites for hydroxylation is 1. The third-order valence-electron chi connectivity index (χ3n) is 7.56. The van der Waals surface area contributed by atoms with Crippen molar-refractivity contribution < 1.29 is 28.9 Å². The van der Waals surface area contributed by atoms with Gasteiger partial charge >= 0.3 is 5.91 Å². The van der Waals surface area contributed by atoms with Crippen LogP contribution in [0.15, 0.2) is 76.6 Å². The Kier molecular flexibility index (Phi) is 11.6. The molecule has 4 aromatic rings. The minimum Gasteiger partial charge on any atom is -0.507 e. The van der Waals surface area contributed by atoms with Crippen molar-refractivity contribution in [3.63, 3.8) is 0 Å². The molecule has 1 aromatic heterocycles. The molecule has 0 bridgehead atoms. The molecule has 9 nitrogen and oxygen atoms in total. The Morgan fingerprint density at radius 1 is 0.894 bits per heavy atom. The van der Waals surface area contributed by atoms with Gasteiger partial charge in [0.05, 0.1) is 31.4 Å². The fourth-order valence-corrected chi connectivity index (χ4v) is 7.00. The summed E-state index contributed by atoms with van der Waals surface area (Å²) in [7, 11) is 0. The van der Waals surface area contributed by atoms with Crippen LogP contribution in [0.2, 0.25) is 0 Å². The van der Waals surface area contributed by atoms with E-state index in [2.05, 4.69) is 41.4 Å². The molecule has 1 fully saturated rings. The number of ketones is 1. The molecule has 11 heteroatoms. The molecule has 5 rings (SSSR count). The number of aliphatic hydroxyl groups is 1. The second-order valence-electron chi connectivity index (χ2n) is 10.9. The van der Waals surface area contributed by atoms with Gasteiger partial charge in [-0.1, -0.05) is 78.8 Å². The van der Waals surface area contributed by atoms with Gasteiger partial charge in [-0.25, -0.2) is 0 Å². The highest BCUT2D eigenvalue weighted by atomic mass is 32.2. The predicted octanol–water partition coefficient (Wildman–Crippen LogP) is 8.13. The van der Waals surface area contributed by atoms with Crippen LogP contribution < -0.4 is 19.1 Å². The van der Waals surface area contributed by atoms with E-state index in [0.29, 0.717) is 58.3 Å². The molecular formula is C36H39N3O6S2. The van der Waals surface area contributed by atoms with E-state index < -0.39 is 17.7 Å². The molecule has 2 heterocycles. The van der Waals surface area contributed by atoms with Crippen LogP contribution in [0.4, 0.5) is 5.13 Å². The number of hydrogen-bond acceptors (Lipinski definition) is 10. The number of anilines is 1. The normalized spacial score (nSPS) is 15.7. The Morgan fingerprint density at radius 3 is 2.34 bits per heavy atom. The number of ether oxygens (including phenoxy) is 3. The molecule has 3 aromatic carbocycles. The van der Waals surface area contributed by atoms with Gasteiger partial charge in [0.2, 0.25) is 5.13 Å². The predicted molar refractivity (Wildman–Crippen MR) is 186 cm³/mol. The molecule has 1 amide bonds. The van der Waals surface area contributed by atoms with E-state index in [-0.39, 0.29) is 16.5 Å². The van der Waals surface area contributed by atoms with Gasteiger partial charge in [0.15, 0.2) is 15.8 Å². The zero-order chi connectivity index (χ0) is 33.3. The van der Waals surface area contributed by atoms with Gasteiger partial charge in [0.25, 0.3) is 5.78 Å². The lowest BCUT2D eigenvalue weighted by Gasteiger charge is -2.23. The summed E-state index contributed by atoms with van der Waals surface area (Å²) in [5.74, 6) is 0.444. The first-order chi connectivity index (χ1) is 22.8. The van der Waals surface area contributed by atoms with Crippen molar-refractivity contribution in [1.82, 2.24) is 10.2 Å². The van der Waals surface area contributed by atoms with Gasteiger partial charge in [0, 0.05) is 11.3 Å². The van der Waals surface area contributed by atoms with Crippen molar-refractivity contribution >= 4 is 45.7 Å². The number of aliphatic hydroxyl groups excluding tert-OH is 1. The van der Waals surface area contributed by atoms with Crippen molar-refractivity contribution in [1.29, 1.82) is 0 Å². The van der Waals surface area contributed by atoms with E-state index in [4.69, 9.17) is 14.2 Å². The second kappa shape index (κ2) is 16.0. The lowest BCUT2D eigenvalue weighted by Crippen LogP contribution is -2.29. The fourth-order valence-electron chi connectivity index (χ4n) is 5.18. The number of thioether (sulfide) groups is 1. The third kappa shape index (κ3) is 7.97. The summed E-state index contributed by atoms with van der Waals surface area (Å²) in [4.78, 5) is 28.8. The van der Waals surface area contributed by atoms with Gasteiger partial charge in [-0.15, -0.1) is 10.2 Å². The largest absolute Gasteiger partial charge is 0.507 e. The van der Waals surface area contributed by atoms with Crippen LogP contribution in [0.25, 0.3) is 5.76 Å². The SMILES string of the molecule is CCCCCOc1ccc(C2/C(=C(\O)c3ccc(OCC)cc3)C(=O)C(=O)N2c2nnc(SCc3ccc(C)cc3)s2)cc1OCC. The van der Waals surface area contributed by atoms with Crippen LogP contribution in [-0.2, 0) is 15.3 Å². The van der Waals surface area contributed by atoms with E-state index in [9.17, 15) is 14.7 Å². The molecule has 1 N–H and O–H groups in total. The molecule has 0 saturated carbocycles. The number of rotatable bonds is 15. The molecule has 1 aliphatic rings. The Balaban J connectivity index is 1.54. The Morgan fingerprint density at radius 2 is 1.64 bits per heavy atom. The average Bonchev–Trinajstić information content (AvgIpc) is 3.65. The number of carbonyl (C=O) groups excluding carboxylic acids is 2. The molecule has 1 aliphatic heterocycles. The van der Waals surface area contributed by atoms with E-state index in [0.717, 1.165) is 24.8 Å². The highest BCUT2D eigenvalue weighted by Gasteiger charge is 2.48. The number of amides is 1. The lowest BCUT2D eigenvalue weighted by molar-refractivity contribution is -0.132. The fraction of sp³-hybridized carbons (Fsp3) is 0.333. The maximum absolute atomic E-state index is 13.8. The first-order valence-corrected chi connectivity index (χ1v) is 17.6. The van der Waals surface area contributed by atoms with Crippen molar-refractivity contribution in [2.24, 2.45) is 0 Å². The topological polar surface area (TPSA) is 111 Å². The first-order valence-electron chi connectivity index (χ1n) is 15.8. The summed E-state index contributed by atoms with van der Waals surface area (Å²) in [5.41, 5.74) is 3.20. The van der Waals surface area contributed by atoms with Crippen LogP contribution in [0.3, 0.4) is 0 Å². The van der Waals surface area contributed by atoms with Crippen LogP contribution in [0.1, 0.15) is 68.3 Å². The van der Waals surface area contributed by atoms with Crippen molar-refractivity contribution in [2.75, 3.05) is 24.7 Å². The quantitative estimate of drug-likeness (QED) is 0.0334. The first kappa shape index (κ1) is 34.0. The summed E-state index contributed by atoms with van der Waals surface area (Å²) < 4.78 is 18.2. The molecule has 1 unspecified atom stereocenters. The lowest BCUT2D eigenvalue weighted by atomic mass is 9.95. The monoisotopic (exact) mass is 673 g/mol. The van der Waals surface area contributed by atoms with Crippen molar-refractivity contribution in [3.8, 4) is 17.2 Å². The Bertz CT molecular complexity index is 1720. The smallest absolute Gasteiger partial charge is 0.301 e. The maximum atomic E-state index is 13.8. The number of Topliss-reactive ketones (excluding diaryl/α,β-unsaturated/α-hetero) is 1. The summed E-state index contributed by atoms with van der Waals surface area (Å²) in [6, 6.07) is 19.4. The summed E-state index contributed by atoms with van der Waals surface area (Å²) in [5, 5.41) is 20.5. The van der Waals surface area contributed by atoms with E-state index in [1.54, 1.807) is 42.5 Å². The van der Waals surface area contributed by atoms with Gasteiger partial charge in [-0.3, -0.25) is 14.5 Å². The summed E-state index contributed by atoms with van der Waals surface area (Å²) in [6.07, 6.45) is 3.04. The van der Waals surface area contributed by atoms with Crippen LogP contribution >= 0.6 is 23.1 Å². The number of benzene rings is 3. The molecule has 1 atom stereocenters. The van der Waals surface area contributed by atoms with Gasteiger partial charge in [0.1, 0.15) is 11.5 Å². The maximum Gasteiger partial charge on any atom is 0.301 e. The third-order valence-corrected chi connectivity index (χ3v) is 9.68. The van der Waals surface area contributed by atoms with Gasteiger partial charge in [-0.2, -0.15) is 0 Å². The zero-order valence-corrected chi connectivity index (χ0v) is 28.7. The number of carbonyl (C=O) groups is 2.